The Morgan fingerprint density at radius 3 is 2.38 bits per heavy atom. The lowest BCUT2D eigenvalue weighted by molar-refractivity contribution is -0.115. The third kappa shape index (κ3) is 5.55. The topological polar surface area (TPSA) is 145 Å². The zero-order valence-corrected chi connectivity index (χ0v) is 21.8. The van der Waals surface area contributed by atoms with E-state index in [4.69, 9.17) is 10.2 Å². The minimum Gasteiger partial charge on any atom is -0.467 e. The molecule has 1 amide bonds. The van der Waals surface area contributed by atoms with Gasteiger partial charge in [-0.3, -0.25) is 23.7 Å². The van der Waals surface area contributed by atoms with E-state index in [-0.39, 0.29) is 23.8 Å². The fourth-order valence-corrected chi connectivity index (χ4v) is 4.92. The van der Waals surface area contributed by atoms with Crippen molar-refractivity contribution in [2.75, 3.05) is 23.4 Å². The maximum absolute atomic E-state index is 13.2. The molecule has 0 saturated carbocycles. The van der Waals surface area contributed by atoms with Crippen molar-refractivity contribution in [3.05, 3.63) is 111 Å². The Bertz CT molecular complexity index is 1690. The van der Waals surface area contributed by atoms with E-state index >= 15 is 0 Å². The molecule has 3 N–H and O–H groups in total. The number of aromatic nitrogens is 5. The van der Waals surface area contributed by atoms with Crippen LogP contribution in [-0.2, 0) is 17.9 Å². The number of furan rings is 1. The number of carbonyl (C=O) groups excluding carboxylic acids is 1. The number of benzene rings is 2. The molecule has 0 spiro atoms. The molecule has 0 fully saturated rings. The van der Waals surface area contributed by atoms with E-state index in [9.17, 15) is 14.4 Å². The summed E-state index contributed by atoms with van der Waals surface area (Å²) in [6.07, 6.45) is 1.59. The van der Waals surface area contributed by atoms with E-state index in [1.54, 1.807) is 12.3 Å². The average Bonchev–Trinajstić information content (AvgIpc) is 3.61. The summed E-state index contributed by atoms with van der Waals surface area (Å²) in [4.78, 5) is 41.8. The largest absolute Gasteiger partial charge is 0.467 e. The molecule has 0 atom stereocenters. The Morgan fingerprint density at radius 2 is 1.69 bits per heavy atom. The first-order valence-corrected chi connectivity index (χ1v) is 13.0. The Kier molecular flexibility index (Phi) is 7.46. The number of anilines is 2. The number of nitrogens with zero attached hydrogens (tertiary/aromatic N) is 5. The van der Waals surface area contributed by atoms with Crippen molar-refractivity contribution in [1.29, 1.82) is 0 Å². The zero-order chi connectivity index (χ0) is 27.4. The van der Waals surface area contributed by atoms with E-state index in [1.807, 2.05) is 71.3 Å². The number of nitrogens with two attached hydrogens (primary N) is 1. The molecule has 0 aliphatic rings. The normalized spacial score (nSPS) is 11.0. The molecular weight excluding hydrogens is 518 g/mol. The number of amides is 1. The number of hydrogen-bond acceptors (Lipinski definition) is 8. The molecule has 3 heterocycles. The van der Waals surface area contributed by atoms with E-state index in [2.05, 4.69) is 15.2 Å². The molecule has 5 rings (SSSR count). The summed E-state index contributed by atoms with van der Waals surface area (Å²) in [6, 6.07) is 22.4. The molecule has 0 radical (unpaired) electrons. The first kappa shape index (κ1) is 25.8. The Balaban J connectivity index is 1.39. The SMILES string of the molecule is CN(C(=O)CSc1nnc(-c2ccccc2)n1Cc1ccco1)c1c(N)n(Cc2ccccc2)c(=O)[nH]c1=O. The van der Waals surface area contributed by atoms with Gasteiger partial charge in [-0.05, 0) is 17.7 Å². The second-order valence-electron chi connectivity index (χ2n) is 8.64. The molecule has 0 bridgehead atoms. The van der Waals surface area contributed by atoms with Crippen molar-refractivity contribution in [2.45, 2.75) is 18.2 Å². The second kappa shape index (κ2) is 11.3. The average molecular weight is 544 g/mol. The summed E-state index contributed by atoms with van der Waals surface area (Å²) in [5.74, 6) is 0.774. The number of nitrogen functional groups attached to an aromatic ring is 1. The van der Waals surface area contributed by atoms with Crippen LogP contribution in [0, 0.1) is 0 Å². The Hall–Kier alpha value is -4.84. The van der Waals surface area contributed by atoms with Crippen LogP contribution in [0.4, 0.5) is 11.5 Å². The van der Waals surface area contributed by atoms with Crippen LogP contribution in [0.1, 0.15) is 11.3 Å². The van der Waals surface area contributed by atoms with Crippen molar-refractivity contribution >= 4 is 29.2 Å². The monoisotopic (exact) mass is 543 g/mol. The van der Waals surface area contributed by atoms with Crippen molar-refractivity contribution in [2.24, 2.45) is 0 Å². The highest BCUT2D eigenvalue weighted by Gasteiger charge is 2.23. The maximum atomic E-state index is 13.2. The van der Waals surface area contributed by atoms with Crippen LogP contribution < -0.4 is 21.9 Å². The van der Waals surface area contributed by atoms with Crippen LogP contribution in [-0.4, -0.2) is 43.0 Å². The molecule has 198 valence electrons. The highest BCUT2D eigenvalue weighted by atomic mass is 32.2. The van der Waals surface area contributed by atoms with Crippen molar-refractivity contribution in [3.63, 3.8) is 0 Å². The minimum atomic E-state index is -0.741. The first-order chi connectivity index (χ1) is 18.9. The van der Waals surface area contributed by atoms with Gasteiger partial charge in [-0.1, -0.05) is 72.4 Å². The smallest absolute Gasteiger partial charge is 0.330 e. The highest BCUT2D eigenvalue weighted by Crippen LogP contribution is 2.26. The Morgan fingerprint density at radius 1 is 0.974 bits per heavy atom. The van der Waals surface area contributed by atoms with E-state index in [0.29, 0.717) is 23.3 Å². The molecular formula is C27H25N7O4S. The molecule has 0 aliphatic heterocycles. The third-order valence-electron chi connectivity index (χ3n) is 6.07. The Labute approximate surface area is 226 Å². The van der Waals surface area contributed by atoms with Crippen molar-refractivity contribution in [1.82, 2.24) is 24.3 Å². The molecule has 11 nitrogen and oxygen atoms in total. The third-order valence-corrected chi connectivity index (χ3v) is 7.03. The van der Waals surface area contributed by atoms with Gasteiger partial charge in [0.25, 0.3) is 5.56 Å². The van der Waals surface area contributed by atoms with Crippen LogP contribution >= 0.6 is 11.8 Å². The van der Waals surface area contributed by atoms with Crippen LogP contribution in [0.3, 0.4) is 0 Å². The number of rotatable bonds is 9. The van der Waals surface area contributed by atoms with E-state index < -0.39 is 17.2 Å². The summed E-state index contributed by atoms with van der Waals surface area (Å²) >= 11 is 1.17. The summed E-state index contributed by atoms with van der Waals surface area (Å²) in [7, 11) is 1.45. The van der Waals surface area contributed by atoms with Crippen LogP contribution in [0.15, 0.2) is 98.2 Å². The number of carbonyl (C=O) groups is 1. The van der Waals surface area contributed by atoms with Gasteiger partial charge in [0.1, 0.15) is 11.6 Å². The van der Waals surface area contributed by atoms with Gasteiger partial charge in [-0.25, -0.2) is 4.79 Å². The number of hydrogen-bond donors (Lipinski definition) is 2. The van der Waals surface area contributed by atoms with Crippen LogP contribution in [0.25, 0.3) is 11.4 Å². The predicted molar refractivity (Wildman–Crippen MR) is 149 cm³/mol. The molecule has 39 heavy (non-hydrogen) atoms. The zero-order valence-electron chi connectivity index (χ0n) is 21.0. The van der Waals surface area contributed by atoms with Crippen LogP contribution in [0.5, 0.6) is 0 Å². The van der Waals surface area contributed by atoms with Crippen LogP contribution in [0.2, 0.25) is 0 Å². The molecule has 0 aliphatic carbocycles. The summed E-state index contributed by atoms with van der Waals surface area (Å²) in [6.45, 7) is 0.512. The highest BCUT2D eigenvalue weighted by molar-refractivity contribution is 7.99. The van der Waals surface area contributed by atoms with Gasteiger partial charge in [0.15, 0.2) is 16.7 Å². The molecule has 3 aromatic heterocycles. The second-order valence-corrected chi connectivity index (χ2v) is 9.59. The van der Waals surface area contributed by atoms with Gasteiger partial charge >= 0.3 is 5.69 Å². The fourth-order valence-electron chi connectivity index (χ4n) is 4.07. The summed E-state index contributed by atoms with van der Waals surface area (Å²) in [5.41, 5.74) is 6.45. The van der Waals surface area contributed by atoms with Gasteiger partial charge in [0, 0.05) is 12.6 Å². The predicted octanol–water partition coefficient (Wildman–Crippen LogP) is 2.82. The number of aromatic amines is 1. The molecule has 2 aromatic carbocycles. The van der Waals surface area contributed by atoms with Gasteiger partial charge in [-0.15, -0.1) is 10.2 Å². The lowest BCUT2D eigenvalue weighted by Crippen LogP contribution is -2.40. The van der Waals surface area contributed by atoms with Gasteiger partial charge in [0.05, 0.1) is 25.1 Å². The van der Waals surface area contributed by atoms with Gasteiger partial charge in [0.2, 0.25) is 5.91 Å². The number of H-pyrrole nitrogens is 1. The molecule has 0 saturated heterocycles. The first-order valence-electron chi connectivity index (χ1n) is 12.0. The fraction of sp³-hybridized carbons (Fsp3) is 0.148. The number of nitrogens with one attached hydrogen (secondary N) is 1. The van der Waals surface area contributed by atoms with Gasteiger partial charge in [-0.2, -0.15) is 0 Å². The van der Waals surface area contributed by atoms with Gasteiger partial charge < -0.3 is 15.1 Å². The lowest BCUT2D eigenvalue weighted by Gasteiger charge is -2.20. The number of thioether (sulfide) groups is 1. The van der Waals surface area contributed by atoms with Crippen molar-refractivity contribution in [3.8, 4) is 11.4 Å². The molecule has 5 aromatic rings. The van der Waals surface area contributed by atoms with E-state index in [0.717, 1.165) is 16.0 Å². The van der Waals surface area contributed by atoms with E-state index in [1.165, 1.54) is 23.4 Å². The molecule has 12 heteroatoms. The quantitative estimate of drug-likeness (QED) is 0.270. The lowest BCUT2D eigenvalue weighted by atomic mass is 10.2. The summed E-state index contributed by atoms with van der Waals surface area (Å²) in [5, 5.41) is 9.16. The standard InChI is InChI=1S/C27H25N7O4S/c1-32(22-23(28)33(26(37)29-25(22)36)15-18-9-4-2-5-10-18)21(35)17-39-27-31-30-24(19-11-6-3-7-12-19)34(27)16-20-13-8-14-38-20/h2-14H,15-17,28H2,1H3,(H,29,36,37). The molecule has 0 unspecified atom stereocenters. The summed E-state index contributed by atoms with van der Waals surface area (Å²) < 4.78 is 8.62. The maximum Gasteiger partial charge on any atom is 0.330 e. The minimum absolute atomic E-state index is 0.0573. The van der Waals surface area contributed by atoms with Crippen molar-refractivity contribution < 1.29 is 9.21 Å².